The van der Waals surface area contributed by atoms with E-state index in [0.717, 1.165) is 34.0 Å². The number of hydrogen-bond donors (Lipinski definition) is 0. The molecule has 0 aromatic heterocycles. The number of benzene rings is 3. The van der Waals surface area contributed by atoms with Crippen molar-refractivity contribution in [3.8, 4) is 5.75 Å². The van der Waals surface area contributed by atoms with Crippen LogP contribution < -0.4 is 4.74 Å². The van der Waals surface area contributed by atoms with Gasteiger partial charge in [0.25, 0.3) is 0 Å². The molecule has 0 heterocycles. The summed E-state index contributed by atoms with van der Waals surface area (Å²) in [6.45, 7) is 2.53. The minimum absolute atomic E-state index is 0.336. The second kappa shape index (κ2) is 8.71. The van der Waals surface area contributed by atoms with Crippen molar-refractivity contribution >= 4 is 17.3 Å². The first-order valence-corrected chi connectivity index (χ1v) is 10.2. The average Bonchev–Trinajstić information content (AvgIpc) is 3.54. The lowest BCUT2D eigenvalue weighted by atomic mass is 10.0. The van der Waals surface area contributed by atoms with Gasteiger partial charge in [-0.3, -0.25) is 0 Å². The number of aryl methyl sites for hydroxylation is 1. The van der Waals surface area contributed by atoms with Gasteiger partial charge in [0.2, 0.25) is 0 Å². The van der Waals surface area contributed by atoms with Gasteiger partial charge in [0, 0.05) is 10.9 Å². The van der Waals surface area contributed by atoms with E-state index >= 15 is 0 Å². The Kier molecular flexibility index (Phi) is 5.86. The minimum atomic E-state index is 0.336. The molecular formula is C25H24ClNO2. The standard InChI is InChI=1S/C25H24ClNO2/c1-17-3-5-18(6-4-17)16-29-27-25(20-9-13-22(28-2)14-10-20)24-15-23(24)19-7-11-21(26)12-8-19/h3-14,23-24H,15-16H2,1-2H3. The lowest BCUT2D eigenvalue weighted by Gasteiger charge is -2.09. The predicted octanol–water partition coefficient (Wildman–Crippen LogP) is 6.38. The molecule has 0 N–H and O–H groups in total. The highest BCUT2D eigenvalue weighted by molar-refractivity contribution is 6.30. The van der Waals surface area contributed by atoms with Gasteiger partial charge < -0.3 is 9.57 Å². The number of ether oxygens (including phenoxy) is 1. The molecule has 3 nitrogen and oxygen atoms in total. The molecule has 0 bridgehead atoms. The topological polar surface area (TPSA) is 30.8 Å². The summed E-state index contributed by atoms with van der Waals surface area (Å²) in [5, 5.41) is 5.33. The fourth-order valence-electron chi connectivity index (χ4n) is 3.53. The highest BCUT2D eigenvalue weighted by Crippen LogP contribution is 2.49. The van der Waals surface area contributed by atoms with Crippen LogP contribution in [0.4, 0.5) is 0 Å². The smallest absolute Gasteiger partial charge is 0.142 e. The van der Waals surface area contributed by atoms with Crippen LogP contribution in [0.5, 0.6) is 5.75 Å². The SMILES string of the molecule is COc1ccc(C(=NOCc2ccc(C)cc2)C2CC2c2ccc(Cl)cc2)cc1. The highest BCUT2D eigenvalue weighted by Gasteiger charge is 2.43. The summed E-state index contributed by atoms with van der Waals surface area (Å²) >= 11 is 6.04. The maximum Gasteiger partial charge on any atom is 0.142 e. The molecular weight excluding hydrogens is 382 g/mol. The number of oxime groups is 1. The number of hydrogen-bond acceptors (Lipinski definition) is 3. The third-order valence-corrected chi connectivity index (χ3v) is 5.59. The summed E-state index contributed by atoms with van der Waals surface area (Å²) in [5.74, 6) is 1.61. The van der Waals surface area contributed by atoms with Crippen molar-refractivity contribution in [1.29, 1.82) is 0 Å². The average molecular weight is 406 g/mol. The third-order valence-electron chi connectivity index (χ3n) is 5.34. The van der Waals surface area contributed by atoms with E-state index < -0.39 is 0 Å². The van der Waals surface area contributed by atoms with Crippen LogP contribution in [0.3, 0.4) is 0 Å². The van der Waals surface area contributed by atoms with Crippen molar-refractivity contribution < 1.29 is 9.57 Å². The number of halogens is 1. The molecule has 3 aromatic rings. The van der Waals surface area contributed by atoms with Crippen molar-refractivity contribution in [3.63, 3.8) is 0 Å². The molecule has 0 aliphatic heterocycles. The van der Waals surface area contributed by atoms with E-state index in [1.807, 2.05) is 36.4 Å². The number of methoxy groups -OCH3 is 1. The summed E-state index contributed by atoms with van der Waals surface area (Å²) in [5.41, 5.74) is 5.69. The molecule has 4 rings (SSSR count). The first-order valence-electron chi connectivity index (χ1n) is 9.79. The second-order valence-electron chi connectivity index (χ2n) is 7.46. The first kappa shape index (κ1) is 19.5. The van der Waals surface area contributed by atoms with E-state index in [1.165, 1.54) is 11.1 Å². The number of nitrogens with zero attached hydrogens (tertiary/aromatic N) is 1. The van der Waals surface area contributed by atoms with Gasteiger partial charge in [-0.1, -0.05) is 58.7 Å². The molecule has 0 amide bonds. The van der Waals surface area contributed by atoms with Crippen LogP contribution in [0.2, 0.25) is 5.02 Å². The van der Waals surface area contributed by atoms with Crippen molar-refractivity contribution in [2.75, 3.05) is 7.11 Å². The zero-order valence-electron chi connectivity index (χ0n) is 16.6. The Labute approximate surface area is 176 Å². The minimum Gasteiger partial charge on any atom is -0.497 e. The lowest BCUT2D eigenvalue weighted by molar-refractivity contribution is 0.130. The van der Waals surface area contributed by atoms with Crippen LogP contribution in [0, 0.1) is 12.8 Å². The summed E-state index contributed by atoms with van der Waals surface area (Å²) in [6.07, 6.45) is 1.06. The Morgan fingerprint density at radius 1 is 0.966 bits per heavy atom. The summed E-state index contributed by atoms with van der Waals surface area (Å²) in [7, 11) is 1.67. The molecule has 0 saturated heterocycles. The molecule has 1 aliphatic rings. The summed E-state index contributed by atoms with van der Waals surface area (Å²) < 4.78 is 5.29. The van der Waals surface area contributed by atoms with Crippen LogP contribution in [0.1, 0.15) is 34.6 Å². The monoisotopic (exact) mass is 405 g/mol. The molecule has 1 fully saturated rings. The van der Waals surface area contributed by atoms with Gasteiger partial charge in [0.15, 0.2) is 0 Å². The Morgan fingerprint density at radius 3 is 2.31 bits per heavy atom. The van der Waals surface area contributed by atoms with Gasteiger partial charge >= 0.3 is 0 Å². The third kappa shape index (κ3) is 4.80. The van der Waals surface area contributed by atoms with Crippen molar-refractivity contribution in [2.45, 2.75) is 25.9 Å². The molecule has 0 spiro atoms. The van der Waals surface area contributed by atoms with E-state index in [9.17, 15) is 0 Å². The van der Waals surface area contributed by atoms with Gasteiger partial charge in [-0.2, -0.15) is 0 Å². The van der Waals surface area contributed by atoms with Crippen molar-refractivity contribution in [2.24, 2.45) is 11.1 Å². The molecule has 1 aliphatic carbocycles. The van der Waals surface area contributed by atoms with E-state index in [-0.39, 0.29) is 0 Å². The second-order valence-corrected chi connectivity index (χ2v) is 7.90. The zero-order valence-corrected chi connectivity index (χ0v) is 17.4. The lowest BCUT2D eigenvalue weighted by Crippen LogP contribution is -2.07. The summed E-state index contributed by atoms with van der Waals surface area (Å²) in [6, 6.07) is 24.4. The maximum atomic E-state index is 6.04. The van der Waals surface area contributed by atoms with Gasteiger partial charge in [-0.05, 0) is 72.4 Å². The quantitative estimate of drug-likeness (QED) is 0.337. The Hall–Kier alpha value is -2.78. The summed E-state index contributed by atoms with van der Waals surface area (Å²) in [4.78, 5) is 5.77. The van der Waals surface area contributed by atoms with Crippen molar-refractivity contribution in [3.05, 3.63) is 100 Å². The van der Waals surface area contributed by atoms with Gasteiger partial charge in [0.05, 0.1) is 12.8 Å². The highest BCUT2D eigenvalue weighted by atomic mass is 35.5. The van der Waals surface area contributed by atoms with Gasteiger partial charge in [-0.25, -0.2) is 0 Å². The zero-order chi connectivity index (χ0) is 20.2. The molecule has 1 saturated carbocycles. The molecule has 148 valence electrons. The fraction of sp³-hybridized carbons (Fsp3) is 0.240. The normalized spacial score (nSPS) is 18.4. The van der Waals surface area contributed by atoms with Crippen LogP contribution in [-0.2, 0) is 11.4 Å². The first-order chi connectivity index (χ1) is 14.1. The van der Waals surface area contributed by atoms with E-state index in [0.29, 0.717) is 18.4 Å². The fourth-order valence-corrected chi connectivity index (χ4v) is 3.66. The molecule has 0 radical (unpaired) electrons. The Morgan fingerprint density at radius 2 is 1.66 bits per heavy atom. The van der Waals surface area contributed by atoms with Crippen LogP contribution in [0.25, 0.3) is 0 Å². The van der Waals surface area contributed by atoms with Crippen LogP contribution in [-0.4, -0.2) is 12.8 Å². The van der Waals surface area contributed by atoms with Crippen LogP contribution >= 0.6 is 11.6 Å². The van der Waals surface area contributed by atoms with E-state index in [2.05, 4.69) is 48.5 Å². The molecule has 3 aromatic carbocycles. The van der Waals surface area contributed by atoms with E-state index in [4.69, 9.17) is 21.2 Å². The molecule has 29 heavy (non-hydrogen) atoms. The van der Waals surface area contributed by atoms with Gasteiger partial charge in [-0.15, -0.1) is 0 Å². The molecule has 2 atom stereocenters. The number of rotatable bonds is 7. The maximum absolute atomic E-state index is 6.04. The van der Waals surface area contributed by atoms with Crippen LogP contribution in [0.15, 0.2) is 78.0 Å². The largest absolute Gasteiger partial charge is 0.497 e. The van der Waals surface area contributed by atoms with Gasteiger partial charge in [0.1, 0.15) is 12.4 Å². The predicted molar refractivity (Wildman–Crippen MR) is 118 cm³/mol. The molecule has 4 heteroatoms. The van der Waals surface area contributed by atoms with E-state index in [1.54, 1.807) is 7.11 Å². The van der Waals surface area contributed by atoms with Crippen molar-refractivity contribution in [1.82, 2.24) is 0 Å². The molecule has 2 unspecified atom stereocenters. The Bertz CT molecular complexity index is 979. The Balaban J connectivity index is 1.53.